The first-order valence-electron chi connectivity index (χ1n) is 13.7. The Morgan fingerprint density at radius 3 is 1.88 bits per heavy atom. The van der Waals surface area contributed by atoms with Gasteiger partial charge in [-0.25, -0.2) is 0 Å². The molecule has 42 heavy (non-hydrogen) atoms. The van der Waals surface area contributed by atoms with Crippen LogP contribution in [0.4, 0.5) is 29.2 Å². The van der Waals surface area contributed by atoms with Crippen LogP contribution in [-0.4, -0.2) is 86.5 Å². The van der Waals surface area contributed by atoms with E-state index in [0.29, 0.717) is 56.6 Å². The lowest BCUT2D eigenvalue weighted by Gasteiger charge is -2.37. The number of piperidine rings is 2. The minimum absolute atomic E-state index is 0.0496. The maximum absolute atomic E-state index is 12.7. The van der Waals surface area contributed by atoms with Crippen LogP contribution < -0.4 is 43.4 Å². The van der Waals surface area contributed by atoms with E-state index in [-0.39, 0.29) is 64.2 Å². The first-order valence-corrected chi connectivity index (χ1v) is 13.7. The molecule has 0 bridgehead atoms. The molecule has 3 heterocycles. The average Bonchev–Trinajstić information content (AvgIpc) is 2.92. The van der Waals surface area contributed by atoms with E-state index in [4.69, 9.17) is 27.9 Å². The van der Waals surface area contributed by atoms with Crippen LogP contribution in [0.2, 0.25) is 0 Å². The standard InChI is InChI=1S/C27H37N11O4/c1-13-21(39)5-3-19(23(13)41)24(42)33-20-4-2-18(8-22(20)40)32-25-34-26(37-9-14(28)6-15(29)10-37)36-27(35-25)38-11-16(30)7-17(31)12-38/h2-5,8,14-17,39-41H,6-7,9-12,28-31H2,1H3,(H,33,42)(H,32,34,35,36). The first kappa shape index (κ1) is 29.1. The summed E-state index contributed by atoms with van der Waals surface area (Å²) >= 11 is 0. The van der Waals surface area contributed by atoms with Gasteiger partial charge >= 0.3 is 0 Å². The number of nitrogens with two attached hydrogens (primary N) is 4. The molecule has 5 rings (SSSR count). The van der Waals surface area contributed by atoms with Crippen molar-refractivity contribution in [2.45, 2.75) is 43.9 Å². The average molecular weight is 580 g/mol. The van der Waals surface area contributed by atoms with Gasteiger partial charge in [0.15, 0.2) is 0 Å². The van der Waals surface area contributed by atoms with Crippen LogP contribution in [0.5, 0.6) is 17.2 Å². The molecule has 2 aliphatic rings. The van der Waals surface area contributed by atoms with Gasteiger partial charge in [-0.05, 0) is 44.0 Å². The van der Waals surface area contributed by atoms with Gasteiger partial charge in [-0.15, -0.1) is 0 Å². The van der Waals surface area contributed by atoms with Gasteiger partial charge in [-0.3, -0.25) is 4.79 Å². The van der Waals surface area contributed by atoms with Crippen molar-refractivity contribution in [2.75, 3.05) is 46.6 Å². The molecule has 15 heteroatoms. The minimum Gasteiger partial charge on any atom is -0.508 e. The summed E-state index contributed by atoms with van der Waals surface area (Å²) < 4.78 is 0. The van der Waals surface area contributed by atoms with Crippen molar-refractivity contribution in [3.05, 3.63) is 41.5 Å². The zero-order valence-corrected chi connectivity index (χ0v) is 23.2. The maximum atomic E-state index is 12.7. The Morgan fingerprint density at radius 1 is 0.810 bits per heavy atom. The van der Waals surface area contributed by atoms with Crippen LogP contribution in [0.15, 0.2) is 30.3 Å². The Balaban J connectivity index is 1.40. The third-order valence-electron chi connectivity index (χ3n) is 7.36. The van der Waals surface area contributed by atoms with Gasteiger partial charge in [-0.1, -0.05) is 0 Å². The predicted molar refractivity (Wildman–Crippen MR) is 159 cm³/mol. The number of carbonyl (C=O) groups excluding carboxylic acids is 1. The largest absolute Gasteiger partial charge is 0.508 e. The summed E-state index contributed by atoms with van der Waals surface area (Å²) in [6, 6.07) is 6.60. The van der Waals surface area contributed by atoms with Crippen LogP contribution in [0.3, 0.4) is 0 Å². The predicted octanol–water partition coefficient (Wildman–Crippen LogP) is 0.0221. The molecule has 2 fully saturated rings. The van der Waals surface area contributed by atoms with Gasteiger partial charge in [0.05, 0.1) is 11.3 Å². The Morgan fingerprint density at radius 2 is 1.36 bits per heavy atom. The van der Waals surface area contributed by atoms with E-state index in [2.05, 4.69) is 20.6 Å². The molecule has 0 aliphatic carbocycles. The topological polar surface area (TPSA) is 251 Å². The number of rotatable bonds is 6. The van der Waals surface area contributed by atoms with E-state index in [1.165, 1.54) is 31.2 Å². The highest BCUT2D eigenvalue weighted by atomic mass is 16.3. The molecule has 1 aromatic heterocycles. The van der Waals surface area contributed by atoms with Crippen molar-refractivity contribution in [1.29, 1.82) is 0 Å². The molecule has 1 amide bonds. The lowest BCUT2D eigenvalue weighted by molar-refractivity contribution is 0.102. The van der Waals surface area contributed by atoms with Crippen molar-refractivity contribution in [1.82, 2.24) is 15.0 Å². The summed E-state index contributed by atoms with van der Waals surface area (Å²) in [6.07, 6.45) is 1.40. The van der Waals surface area contributed by atoms with E-state index in [9.17, 15) is 20.1 Å². The molecule has 2 aromatic carbocycles. The Hall–Kier alpha value is -4.44. The van der Waals surface area contributed by atoms with Gasteiger partial charge in [0, 0.05) is 67.7 Å². The highest BCUT2D eigenvalue weighted by molar-refractivity contribution is 6.07. The number of nitrogens with one attached hydrogen (secondary N) is 2. The van der Waals surface area contributed by atoms with Gasteiger partial charge in [0.2, 0.25) is 17.8 Å². The first-order chi connectivity index (χ1) is 20.0. The zero-order chi connectivity index (χ0) is 30.1. The second-order valence-electron chi connectivity index (χ2n) is 11.0. The number of anilines is 5. The number of hydrogen-bond donors (Lipinski definition) is 9. The lowest BCUT2D eigenvalue weighted by Crippen LogP contribution is -2.54. The van der Waals surface area contributed by atoms with Crippen molar-refractivity contribution in [3.63, 3.8) is 0 Å². The smallest absolute Gasteiger partial charge is 0.259 e. The summed E-state index contributed by atoms with van der Waals surface area (Å²) in [7, 11) is 0. The van der Waals surface area contributed by atoms with Gasteiger partial charge in [0.1, 0.15) is 17.2 Å². The number of benzene rings is 2. The molecule has 4 unspecified atom stereocenters. The molecule has 0 saturated carbocycles. The minimum atomic E-state index is -0.658. The summed E-state index contributed by atoms with van der Waals surface area (Å²) in [5.74, 6) is -0.359. The Kier molecular flexibility index (Phi) is 8.17. The number of phenols is 3. The van der Waals surface area contributed by atoms with Gasteiger partial charge in [-0.2, -0.15) is 15.0 Å². The second-order valence-corrected chi connectivity index (χ2v) is 11.0. The van der Waals surface area contributed by atoms with Crippen LogP contribution in [-0.2, 0) is 0 Å². The molecule has 0 spiro atoms. The van der Waals surface area contributed by atoms with Crippen LogP contribution in [0.25, 0.3) is 0 Å². The maximum Gasteiger partial charge on any atom is 0.259 e. The van der Waals surface area contributed by atoms with E-state index in [1.807, 2.05) is 9.80 Å². The number of carbonyl (C=O) groups is 1. The molecule has 2 saturated heterocycles. The molecule has 3 aromatic rings. The Labute approximate surface area is 242 Å². The van der Waals surface area contributed by atoms with Crippen molar-refractivity contribution in [2.24, 2.45) is 22.9 Å². The highest BCUT2D eigenvalue weighted by Crippen LogP contribution is 2.33. The third kappa shape index (κ3) is 6.38. The van der Waals surface area contributed by atoms with Crippen molar-refractivity contribution in [3.8, 4) is 17.2 Å². The van der Waals surface area contributed by atoms with Crippen LogP contribution >= 0.6 is 0 Å². The van der Waals surface area contributed by atoms with Crippen LogP contribution in [0, 0.1) is 6.92 Å². The fourth-order valence-electron chi connectivity index (χ4n) is 5.28. The summed E-state index contributed by atoms with van der Waals surface area (Å²) in [5.41, 5.74) is 25.6. The molecule has 2 aliphatic heterocycles. The highest BCUT2D eigenvalue weighted by Gasteiger charge is 2.29. The normalized spacial score (nSPS) is 22.6. The molecule has 224 valence electrons. The van der Waals surface area contributed by atoms with Gasteiger partial charge in [0.25, 0.3) is 5.91 Å². The van der Waals surface area contributed by atoms with E-state index in [1.54, 1.807) is 6.07 Å². The number of amides is 1. The number of aromatic nitrogens is 3. The summed E-state index contributed by atoms with van der Waals surface area (Å²) in [5, 5.41) is 36.3. The molecule has 15 nitrogen and oxygen atoms in total. The fourth-order valence-corrected chi connectivity index (χ4v) is 5.28. The molecule has 4 atom stereocenters. The van der Waals surface area contributed by atoms with E-state index < -0.39 is 5.91 Å². The molecule has 13 N–H and O–H groups in total. The number of phenolic OH excluding ortho intramolecular Hbond substituents is 3. The van der Waals surface area contributed by atoms with E-state index >= 15 is 0 Å². The van der Waals surface area contributed by atoms with Crippen molar-refractivity contribution >= 4 is 35.1 Å². The SMILES string of the molecule is Cc1c(O)ccc(C(=O)Nc2ccc(Nc3nc(N4CC(N)CC(N)C4)nc(N4CC(N)CC(N)C4)n3)cc2O)c1O. The number of hydrogen-bond acceptors (Lipinski definition) is 14. The molecule has 0 radical (unpaired) electrons. The third-order valence-corrected chi connectivity index (χ3v) is 7.36. The zero-order valence-electron chi connectivity index (χ0n) is 23.2. The Bertz CT molecular complexity index is 1410. The van der Waals surface area contributed by atoms with Gasteiger partial charge < -0.3 is 58.7 Å². The summed E-state index contributed by atoms with van der Waals surface area (Å²) in [6.45, 7) is 3.60. The van der Waals surface area contributed by atoms with Crippen molar-refractivity contribution < 1.29 is 20.1 Å². The van der Waals surface area contributed by atoms with E-state index in [0.717, 1.165) is 0 Å². The lowest BCUT2D eigenvalue weighted by atomic mass is 10.0. The fraction of sp³-hybridized carbons (Fsp3) is 0.407. The van der Waals surface area contributed by atoms with Crippen LogP contribution in [0.1, 0.15) is 28.8 Å². The second kappa shape index (κ2) is 11.8. The molecular formula is C27H37N11O4. The quantitative estimate of drug-likeness (QED) is 0.175. The molecular weight excluding hydrogens is 542 g/mol. The summed E-state index contributed by atoms with van der Waals surface area (Å²) in [4.78, 5) is 30.5. The number of aromatic hydroxyl groups is 3. The monoisotopic (exact) mass is 579 g/mol. The number of nitrogens with zero attached hydrogens (tertiary/aromatic N) is 5.